The van der Waals surface area contributed by atoms with Crippen LogP contribution in [0, 0.1) is 0 Å². The first-order chi connectivity index (χ1) is 15.6. The number of amides is 1. The first kappa shape index (κ1) is 23.4. The van der Waals surface area contributed by atoms with E-state index < -0.39 is 21.9 Å². The molecule has 2 aromatic heterocycles. The van der Waals surface area contributed by atoms with E-state index in [1.165, 1.54) is 12.3 Å². The largest absolute Gasteiger partial charge is 0.354 e. The number of nitrogens with zero attached hydrogens (tertiary/aromatic N) is 4. The Labute approximate surface area is 190 Å². The highest BCUT2D eigenvalue weighted by molar-refractivity contribution is 7.89. The van der Waals surface area contributed by atoms with E-state index in [0.717, 1.165) is 43.1 Å². The third-order valence-electron chi connectivity index (χ3n) is 5.88. The Morgan fingerprint density at radius 1 is 1.06 bits per heavy atom. The summed E-state index contributed by atoms with van der Waals surface area (Å²) in [5.74, 6) is -3.07. The monoisotopic (exact) mass is 480 g/mol. The maximum absolute atomic E-state index is 14.0. The van der Waals surface area contributed by atoms with Gasteiger partial charge in [-0.1, -0.05) is 6.42 Å². The van der Waals surface area contributed by atoms with E-state index in [0.29, 0.717) is 13.0 Å². The minimum atomic E-state index is -4.05. The number of sulfonamides is 1. The highest BCUT2D eigenvalue weighted by Crippen LogP contribution is 2.31. The number of carbonyl (C=O) groups is 1. The number of rotatable bonds is 4. The molecule has 2 aliphatic rings. The molecule has 1 aliphatic heterocycles. The second-order valence-electron chi connectivity index (χ2n) is 8.43. The van der Waals surface area contributed by atoms with Gasteiger partial charge in [-0.05, 0) is 38.2 Å². The number of nitrogens with two attached hydrogens (primary N) is 1. The van der Waals surface area contributed by atoms with E-state index in [-0.39, 0.29) is 48.0 Å². The molecule has 4 rings (SSSR count). The summed E-state index contributed by atoms with van der Waals surface area (Å²) >= 11 is 0. The van der Waals surface area contributed by atoms with Gasteiger partial charge >= 0.3 is 0 Å². The lowest BCUT2D eigenvalue weighted by atomic mass is 10.1. The number of nitrogens with one attached hydrogen (secondary N) is 1. The topological polar surface area (TPSA) is 131 Å². The average molecular weight is 481 g/mol. The van der Waals surface area contributed by atoms with E-state index >= 15 is 0 Å². The quantitative estimate of drug-likeness (QED) is 0.643. The molecule has 0 saturated carbocycles. The zero-order valence-corrected chi connectivity index (χ0v) is 18.9. The van der Waals surface area contributed by atoms with Gasteiger partial charge in [-0.15, -0.1) is 0 Å². The SMILES string of the molecule is NS(=O)(=O)c1cc(NC(=O)c2nc3c(nc2N2CCCC(F)(F)CC2)CCCCC3)ccn1. The maximum atomic E-state index is 14.0. The van der Waals surface area contributed by atoms with Crippen molar-refractivity contribution in [3.05, 3.63) is 35.4 Å². The highest BCUT2D eigenvalue weighted by atomic mass is 32.2. The number of carbonyl (C=O) groups excluding carboxylic acids is 1. The van der Waals surface area contributed by atoms with Crippen molar-refractivity contribution in [1.82, 2.24) is 15.0 Å². The van der Waals surface area contributed by atoms with Crippen molar-refractivity contribution in [2.24, 2.45) is 5.14 Å². The van der Waals surface area contributed by atoms with Crippen molar-refractivity contribution in [1.29, 1.82) is 0 Å². The fourth-order valence-electron chi connectivity index (χ4n) is 4.14. The van der Waals surface area contributed by atoms with E-state index in [4.69, 9.17) is 10.1 Å². The Balaban J connectivity index is 1.70. The third kappa shape index (κ3) is 5.61. The Bertz CT molecular complexity index is 1160. The smallest absolute Gasteiger partial charge is 0.278 e. The molecule has 2 aromatic rings. The summed E-state index contributed by atoms with van der Waals surface area (Å²) in [4.78, 5) is 28.0. The summed E-state index contributed by atoms with van der Waals surface area (Å²) in [6.45, 7) is 0.403. The van der Waals surface area contributed by atoms with Gasteiger partial charge in [0.1, 0.15) is 0 Å². The normalized spacial score (nSPS) is 18.7. The Morgan fingerprint density at radius 2 is 1.79 bits per heavy atom. The summed E-state index contributed by atoms with van der Waals surface area (Å²) in [6, 6.07) is 2.58. The van der Waals surface area contributed by atoms with E-state index in [1.807, 2.05) is 0 Å². The predicted octanol–water partition coefficient (Wildman–Crippen LogP) is 2.67. The van der Waals surface area contributed by atoms with Crippen LogP contribution in [-0.2, 0) is 22.9 Å². The fraction of sp³-hybridized carbons (Fsp3) is 0.524. The van der Waals surface area contributed by atoms with Crippen LogP contribution in [0.3, 0.4) is 0 Å². The third-order valence-corrected chi connectivity index (χ3v) is 6.68. The molecule has 0 radical (unpaired) electrons. The van der Waals surface area contributed by atoms with Crippen molar-refractivity contribution in [2.75, 3.05) is 23.3 Å². The zero-order chi connectivity index (χ0) is 23.6. The number of aromatic nitrogens is 3. The first-order valence-electron chi connectivity index (χ1n) is 11.0. The molecule has 0 atom stereocenters. The van der Waals surface area contributed by atoms with Crippen LogP contribution < -0.4 is 15.4 Å². The van der Waals surface area contributed by atoms with Gasteiger partial charge in [0.05, 0.1) is 11.4 Å². The van der Waals surface area contributed by atoms with E-state index in [2.05, 4.69) is 15.3 Å². The average Bonchev–Trinajstić information content (AvgIpc) is 3.09. The molecule has 0 bridgehead atoms. The van der Waals surface area contributed by atoms with Gasteiger partial charge in [-0.3, -0.25) is 4.79 Å². The van der Waals surface area contributed by atoms with Gasteiger partial charge in [0.15, 0.2) is 16.5 Å². The van der Waals surface area contributed by atoms with Crippen molar-refractivity contribution in [3.8, 4) is 0 Å². The molecule has 3 heterocycles. The summed E-state index contributed by atoms with van der Waals surface area (Å²) in [7, 11) is -4.05. The molecule has 1 amide bonds. The number of hydrogen-bond acceptors (Lipinski definition) is 7. The van der Waals surface area contributed by atoms with Gasteiger partial charge in [-0.2, -0.15) is 0 Å². The molecule has 3 N–H and O–H groups in total. The Hall–Kier alpha value is -2.73. The van der Waals surface area contributed by atoms with Gasteiger partial charge in [-0.25, -0.2) is 37.3 Å². The number of fused-ring (bicyclic) bond motifs is 1. The summed E-state index contributed by atoms with van der Waals surface area (Å²) in [5.41, 5.74) is 1.75. The molecule has 0 unspecified atom stereocenters. The van der Waals surface area contributed by atoms with Crippen LogP contribution in [0.15, 0.2) is 23.4 Å². The van der Waals surface area contributed by atoms with Crippen LogP contribution in [0.1, 0.15) is 60.4 Å². The molecule has 12 heteroatoms. The summed E-state index contributed by atoms with van der Waals surface area (Å²) in [6.07, 6.45) is 5.28. The molecular weight excluding hydrogens is 454 g/mol. The molecule has 9 nitrogen and oxygen atoms in total. The maximum Gasteiger partial charge on any atom is 0.278 e. The number of halogens is 2. The molecule has 1 saturated heterocycles. The summed E-state index contributed by atoms with van der Waals surface area (Å²) < 4.78 is 51.1. The molecular formula is C21H26F2N6O3S. The predicted molar refractivity (Wildman–Crippen MR) is 118 cm³/mol. The van der Waals surface area contributed by atoms with Crippen LogP contribution in [0.25, 0.3) is 0 Å². The van der Waals surface area contributed by atoms with Crippen LogP contribution >= 0.6 is 0 Å². The lowest BCUT2D eigenvalue weighted by Crippen LogP contribution is -2.31. The van der Waals surface area contributed by atoms with Gasteiger partial charge in [0.2, 0.25) is 5.92 Å². The minimum absolute atomic E-state index is 0.0369. The van der Waals surface area contributed by atoms with Crippen molar-refractivity contribution < 1.29 is 22.0 Å². The standard InChI is InChI=1S/C21H26F2N6O3S/c22-21(23)8-4-11-29(12-9-21)19-18(27-15-5-2-1-3-6-16(15)28-19)20(30)26-14-7-10-25-17(13-14)33(24,31)32/h7,10,13H,1-6,8-9,11-12H2,(H2,24,31,32)(H,25,26,30). The lowest BCUT2D eigenvalue weighted by molar-refractivity contribution is -0.0102. The second kappa shape index (κ2) is 9.26. The van der Waals surface area contributed by atoms with Crippen molar-refractivity contribution in [3.63, 3.8) is 0 Å². The van der Waals surface area contributed by atoms with E-state index in [1.54, 1.807) is 4.90 Å². The van der Waals surface area contributed by atoms with E-state index in [9.17, 15) is 22.0 Å². The lowest BCUT2D eigenvalue weighted by Gasteiger charge is -2.25. The Morgan fingerprint density at radius 3 is 2.52 bits per heavy atom. The molecule has 0 spiro atoms. The van der Waals surface area contributed by atoms with Crippen molar-refractivity contribution >= 4 is 27.4 Å². The van der Waals surface area contributed by atoms with Gasteiger partial charge < -0.3 is 10.2 Å². The number of aryl methyl sites for hydroxylation is 2. The first-order valence-corrected chi connectivity index (χ1v) is 12.5. The minimum Gasteiger partial charge on any atom is -0.354 e. The fourth-order valence-corrected chi connectivity index (χ4v) is 4.64. The number of hydrogen-bond donors (Lipinski definition) is 2. The van der Waals surface area contributed by atoms with Crippen LogP contribution in [0.5, 0.6) is 0 Å². The molecule has 33 heavy (non-hydrogen) atoms. The second-order valence-corrected chi connectivity index (χ2v) is 9.94. The summed E-state index contributed by atoms with van der Waals surface area (Å²) in [5, 5.41) is 7.37. The molecule has 0 aromatic carbocycles. The van der Waals surface area contributed by atoms with Crippen LogP contribution in [0.2, 0.25) is 0 Å². The molecule has 178 valence electrons. The number of pyridine rings is 1. The number of primary sulfonamides is 1. The highest BCUT2D eigenvalue weighted by Gasteiger charge is 2.34. The van der Waals surface area contributed by atoms with Crippen LogP contribution in [0.4, 0.5) is 20.3 Å². The number of anilines is 2. The Kier molecular flexibility index (Phi) is 6.57. The number of alkyl halides is 2. The van der Waals surface area contributed by atoms with Crippen molar-refractivity contribution in [2.45, 2.75) is 62.3 Å². The molecule has 1 aliphatic carbocycles. The zero-order valence-electron chi connectivity index (χ0n) is 18.1. The van der Waals surface area contributed by atoms with Gasteiger partial charge in [0.25, 0.3) is 15.9 Å². The van der Waals surface area contributed by atoms with Gasteiger partial charge in [0, 0.05) is 43.9 Å². The molecule has 1 fully saturated rings. The van der Waals surface area contributed by atoms with Crippen LogP contribution in [-0.4, -0.2) is 48.3 Å².